The van der Waals surface area contributed by atoms with E-state index >= 15 is 0 Å². The molecule has 1 aliphatic heterocycles. The van der Waals surface area contributed by atoms with Crippen LogP contribution in [0.4, 0.5) is 0 Å². The molecule has 82 valence electrons. The van der Waals surface area contributed by atoms with Crippen LogP contribution in [0.5, 0.6) is 5.75 Å². The second-order valence-corrected chi connectivity index (χ2v) is 3.63. The molecule has 3 rings (SSSR count). The summed E-state index contributed by atoms with van der Waals surface area (Å²) in [6.45, 7) is 0.745. The van der Waals surface area contributed by atoms with Crippen LogP contribution in [0, 0.1) is 0 Å². The number of aromatic nitrogens is 1. The third-order valence-electron chi connectivity index (χ3n) is 2.52. The van der Waals surface area contributed by atoms with Gasteiger partial charge in [-0.05, 0) is 24.3 Å². The summed E-state index contributed by atoms with van der Waals surface area (Å²) >= 11 is 0. The van der Waals surface area contributed by atoms with Crippen LogP contribution in [-0.4, -0.2) is 18.7 Å². The average molecular weight is 217 g/mol. The van der Waals surface area contributed by atoms with Gasteiger partial charge in [0.05, 0.1) is 13.7 Å². The Morgan fingerprint density at radius 1 is 1.31 bits per heavy atom. The number of nitrogens with zero attached hydrogens (tertiary/aromatic N) is 1. The molecule has 1 aromatic heterocycles. The maximum absolute atomic E-state index is 5.39. The van der Waals surface area contributed by atoms with Gasteiger partial charge in [0.1, 0.15) is 23.8 Å². The summed E-state index contributed by atoms with van der Waals surface area (Å²) in [5.74, 6) is 1.44. The lowest BCUT2D eigenvalue weighted by molar-refractivity contribution is 0.410. The zero-order valence-electron chi connectivity index (χ0n) is 8.84. The number of rotatable bonds is 3. The predicted molar refractivity (Wildman–Crippen MR) is 57.2 cm³/mol. The summed E-state index contributed by atoms with van der Waals surface area (Å²) in [4.78, 5) is 4.37. The van der Waals surface area contributed by atoms with E-state index in [1.54, 1.807) is 13.4 Å². The van der Waals surface area contributed by atoms with Gasteiger partial charge in [0.2, 0.25) is 5.89 Å². The van der Waals surface area contributed by atoms with Gasteiger partial charge >= 0.3 is 0 Å². The summed E-state index contributed by atoms with van der Waals surface area (Å²) in [7, 11) is 1.64. The van der Waals surface area contributed by atoms with Crippen LogP contribution in [0.25, 0.3) is 11.5 Å². The van der Waals surface area contributed by atoms with E-state index in [0.717, 1.165) is 23.6 Å². The van der Waals surface area contributed by atoms with E-state index in [4.69, 9.17) is 13.9 Å². The van der Waals surface area contributed by atoms with Crippen molar-refractivity contribution in [2.45, 2.75) is 6.10 Å². The van der Waals surface area contributed by atoms with Crippen molar-refractivity contribution in [3.05, 3.63) is 36.2 Å². The minimum absolute atomic E-state index is 0.135. The Morgan fingerprint density at radius 2 is 2.06 bits per heavy atom. The molecule has 0 bridgehead atoms. The highest BCUT2D eigenvalue weighted by atomic mass is 16.6. The minimum atomic E-state index is 0.135. The van der Waals surface area contributed by atoms with Crippen molar-refractivity contribution in [1.82, 2.24) is 4.98 Å². The van der Waals surface area contributed by atoms with E-state index in [1.165, 1.54) is 0 Å². The molecule has 2 heterocycles. The SMILES string of the molecule is COc1ccc(-c2nc(C3CO3)co2)cc1. The van der Waals surface area contributed by atoms with E-state index < -0.39 is 0 Å². The van der Waals surface area contributed by atoms with E-state index in [0.29, 0.717) is 5.89 Å². The second kappa shape index (κ2) is 3.64. The number of hydrogen-bond acceptors (Lipinski definition) is 4. The Bertz CT molecular complexity index is 485. The first kappa shape index (κ1) is 9.42. The number of epoxide rings is 1. The zero-order valence-corrected chi connectivity index (χ0v) is 8.84. The van der Waals surface area contributed by atoms with Gasteiger partial charge in [-0.25, -0.2) is 4.98 Å². The highest BCUT2D eigenvalue weighted by molar-refractivity contribution is 5.54. The maximum Gasteiger partial charge on any atom is 0.226 e. The van der Waals surface area contributed by atoms with Gasteiger partial charge in [-0.2, -0.15) is 0 Å². The normalized spacial score (nSPS) is 18.4. The first-order valence-corrected chi connectivity index (χ1v) is 5.08. The standard InChI is InChI=1S/C12H11NO3/c1-14-9-4-2-8(3-5-9)12-13-10(6-16-12)11-7-15-11/h2-6,11H,7H2,1H3. The lowest BCUT2D eigenvalue weighted by atomic mass is 10.2. The first-order chi connectivity index (χ1) is 7.86. The number of oxazole rings is 1. The molecule has 1 atom stereocenters. The summed E-state index contributed by atoms with van der Waals surface area (Å²) in [6, 6.07) is 7.60. The van der Waals surface area contributed by atoms with Crippen molar-refractivity contribution < 1.29 is 13.9 Å². The lowest BCUT2D eigenvalue weighted by Crippen LogP contribution is -1.84. The van der Waals surface area contributed by atoms with Gasteiger partial charge in [0, 0.05) is 5.56 Å². The lowest BCUT2D eigenvalue weighted by Gasteiger charge is -1.99. The molecule has 0 radical (unpaired) electrons. The van der Waals surface area contributed by atoms with Crippen LogP contribution in [0.3, 0.4) is 0 Å². The van der Waals surface area contributed by atoms with Crippen LogP contribution in [0.1, 0.15) is 11.8 Å². The van der Waals surface area contributed by atoms with Crippen LogP contribution in [-0.2, 0) is 4.74 Å². The van der Waals surface area contributed by atoms with Crippen molar-refractivity contribution in [3.63, 3.8) is 0 Å². The molecular formula is C12H11NO3. The van der Waals surface area contributed by atoms with Crippen LogP contribution in [0.2, 0.25) is 0 Å². The van der Waals surface area contributed by atoms with E-state index in [1.807, 2.05) is 24.3 Å². The number of methoxy groups -OCH3 is 1. The Hall–Kier alpha value is -1.81. The predicted octanol–water partition coefficient (Wildman–Crippen LogP) is 2.42. The fourth-order valence-electron chi connectivity index (χ4n) is 1.52. The highest BCUT2D eigenvalue weighted by Gasteiger charge is 2.28. The van der Waals surface area contributed by atoms with Crippen molar-refractivity contribution in [3.8, 4) is 17.2 Å². The molecule has 1 fully saturated rings. The van der Waals surface area contributed by atoms with Crippen LogP contribution < -0.4 is 4.74 Å². The average Bonchev–Trinajstić information content (AvgIpc) is 3.08. The second-order valence-electron chi connectivity index (χ2n) is 3.63. The van der Waals surface area contributed by atoms with Crippen molar-refractivity contribution >= 4 is 0 Å². The van der Waals surface area contributed by atoms with E-state index in [2.05, 4.69) is 4.98 Å². The summed E-state index contributed by atoms with van der Waals surface area (Å²) < 4.78 is 15.6. The zero-order chi connectivity index (χ0) is 11.0. The van der Waals surface area contributed by atoms with Gasteiger partial charge in [-0.15, -0.1) is 0 Å². The van der Waals surface area contributed by atoms with Crippen molar-refractivity contribution in [2.75, 3.05) is 13.7 Å². The fourth-order valence-corrected chi connectivity index (χ4v) is 1.52. The molecule has 1 aliphatic rings. The molecule has 16 heavy (non-hydrogen) atoms. The summed E-state index contributed by atoms with van der Waals surface area (Å²) in [6.07, 6.45) is 1.78. The van der Waals surface area contributed by atoms with Gasteiger partial charge in [-0.3, -0.25) is 0 Å². The maximum atomic E-state index is 5.39. The fraction of sp³-hybridized carbons (Fsp3) is 0.250. The summed E-state index contributed by atoms with van der Waals surface area (Å²) in [5, 5.41) is 0. The first-order valence-electron chi connectivity index (χ1n) is 5.08. The quantitative estimate of drug-likeness (QED) is 0.741. The van der Waals surface area contributed by atoms with Crippen LogP contribution in [0.15, 0.2) is 34.9 Å². The van der Waals surface area contributed by atoms with Crippen LogP contribution >= 0.6 is 0 Å². The molecular weight excluding hydrogens is 206 g/mol. The monoisotopic (exact) mass is 217 g/mol. The molecule has 1 unspecified atom stereocenters. The molecule has 4 nitrogen and oxygen atoms in total. The molecule has 2 aromatic rings. The highest BCUT2D eigenvalue weighted by Crippen LogP contribution is 2.31. The third kappa shape index (κ3) is 1.67. The Kier molecular flexibility index (Phi) is 2.15. The Morgan fingerprint density at radius 3 is 2.69 bits per heavy atom. The molecule has 0 aliphatic carbocycles. The number of ether oxygens (including phenoxy) is 2. The van der Waals surface area contributed by atoms with Crippen molar-refractivity contribution in [2.24, 2.45) is 0 Å². The van der Waals surface area contributed by atoms with Gasteiger partial charge < -0.3 is 13.9 Å². The Labute approximate surface area is 92.8 Å². The molecule has 0 N–H and O–H groups in total. The van der Waals surface area contributed by atoms with Gasteiger partial charge in [0.15, 0.2) is 0 Å². The topological polar surface area (TPSA) is 47.8 Å². The smallest absolute Gasteiger partial charge is 0.226 e. The largest absolute Gasteiger partial charge is 0.497 e. The number of hydrogen-bond donors (Lipinski definition) is 0. The van der Waals surface area contributed by atoms with E-state index in [9.17, 15) is 0 Å². The molecule has 0 spiro atoms. The van der Waals surface area contributed by atoms with Crippen molar-refractivity contribution in [1.29, 1.82) is 0 Å². The number of benzene rings is 1. The molecule has 0 saturated carbocycles. The minimum Gasteiger partial charge on any atom is -0.497 e. The molecule has 0 amide bonds. The third-order valence-corrected chi connectivity index (χ3v) is 2.52. The molecule has 4 heteroatoms. The molecule has 1 saturated heterocycles. The van der Waals surface area contributed by atoms with Gasteiger partial charge in [-0.1, -0.05) is 0 Å². The van der Waals surface area contributed by atoms with E-state index in [-0.39, 0.29) is 6.10 Å². The summed E-state index contributed by atoms with van der Waals surface area (Å²) in [5.41, 5.74) is 1.80. The Balaban J connectivity index is 1.88. The van der Waals surface area contributed by atoms with Gasteiger partial charge in [0.25, 0.3) is 0 Å². The molecule has 1 aromatic carbocycles.